The number of aromatic nitrogens is 3. The van der Waals surface area contributed by atoms with Crippen LogP contribution in [0.15, 0.2) is 41.7 Å². The van der Waals surface area contributed by atoms with Gasteiger partial charge in [-0.1, -0.05) is 20.3 Å². The monoisotopic (exact) mass is 483 g/mol. The molecule has 3 rings (SSSR count). The number of aliphatic hydroxyl groups excluding tert-OH is 1. The lowest BCUT2D eigenvalue weighted by Crippen LogP contribution is -2.06. The molecule has 0 amide bonds. The van der Waals surface area contributed by atoms with E-state index in [1.807, 2.05) is 19.9 Å². The highest BCUT2D eigenvalue weighted by molar-refractivity contribution is 5.95. The van der Waals surface area contributed by atoms with E-state index in [0.29, 0.717) is 40.8 Å². The van der Waals surface area contributed by atoms with Gasteiger partial charge in [-0.05, 0) is 44.3 Å². The van der Waals surface area contributed by atoms with Crippen LogP contribution < -0.4 is 14.8 Å². The van der Waals surface area contributed by atoms with Gasteiger partial charge in [0, 0.05) is 50.1 Å². The zero-order valence-electron chi connectivity index (χ0n) is 21.7. The van der Waals surface area contributed by atoms with Crippen LogP contribution in [-0.2, 0) is 4.74 Å². The van der Waals surface area contributed by atoms with Gasteiger partial charge in [0.2, 0.25) is 0 Å². The zero-order chi connectivity index (χ0) is 26.1. The first kappa shape index (κ1) is 29.3. The molecule has 0 saturated heterocycles. The van der Waals surface area contributed by atoms with Crippen LogP contribution in [0.4, 0.5) is 5.82 Å². The number of anilines is 1. The third-order valence-electron chi connectivity index (χ3n) is 4.17. The number of benzene rings is 1. The van der Waals surface area contributed by atoms with Gasteiger partial charge in [0.1, 0.15) is 17.1 Å². The average molecular weight is 484 g/mol. The molecule has 2 aromatic heterocycles. The highest BCUT2D eigenvalue weighted by Crippen LogP contribution is 2.37. The van der Waals surface area contributed by atoms with Crippen molar-refractivity contribution in [3.63, 3.8) is 0 Å². The second-order valence-electron chi connectivity index (χ2n) is 7.00. The molecule has 2 heterocycles. The van der Waals surface area contributed by atoms with Crippen LogP contribution in [0.1, 0.15) is 45.5 Å². The van der Waals surface area contributed by atoms with Crippen LogP contribution in [0.25, 0.3) is 22.7 Å². The van der Waals surface area contributed by atoms with Crippen molar-refractivity contribution in [2.75, 3.05) is 39.9 Å². The summed E-state index contributed by atoms with van der Waals surface area (Å²) in [5, 5.41) is 14.4. The van der Waals surface area contributed by atoms with Gasteiger partial charge in [-0.2, -0.15) is 0 Å². The van der Waals surface area contributed by atoms with Gasteiger partial charge < -0.3 is 29.6 Å². The summed E-state index contributed by atoms with van der Waals surface area (Å²) in [6, 6.07) is 7.14. The molecule has 0 radical (unpaired) electrons. The molecule has 0 aliphatic rings. The van der Waals surface area contributed by atoms with Crippen LogP contribution in [0, 0.1) is 0 Å². The molecular formula is C26H37N5O4. The Balaban J connectivity index is 0.000000778. The number of aliphatic hydroxyl groups is 1. The highest BCUT2D eigenvalue weighted by atomic mass is 16.7. The number of fused-ring (bicyclic) bond motifs is 1. The minimum Gasteiger partial charge on any atom is -0.507 e. The molecular weight excluding hydrogens is 446 g/mol. The third-order valence-corrected chi connectivity index (χ3v) is 4.17. The second kappa shape index (κ2) is 16.8. The number of nitrogens with one attached hydrogen (secondary N) is 1. The Morgan fingerprint density at radius 2 is 1.86 bits per heavy atom. The lowest BCUT2D eigenvalue weighted by atomic mass is 10.2. The van der Waals surface area contributed by atoms with E-state index in [1.54, 1.807) is 58.1 Å². The summed E-state index contributed by atoms with van der Waals surface area (Å²) in [5.74, 6) is 1.94. The molecule has 1 aromatic carbocycles. The van der Waals surface area contributed by atoms with Gasteiger partial charge in [0.25, 0.3) is 0 Å². The lowest BCUT2D eigenvalue weighted by molar-refractivity contribution is 0.0493. The molecule has 9 heteroatoms. The standard InChI is InChI=1S/C20H22N4O4.C3H7N.C3H8/c1-4-22-20-14-7-8-16(28-12-26-2)19(27-3)18(14)23-17(24-20)10-15(25)13-6-5-9-21-11-13;1-3-4-2;1-3-2/h5-11,25H,4,12H2,1-3H3,(H,22,23,24);3H,1-2H3;3H2,1-2H3/b15-10-;;. The van der Waals surface area contributed by atoms with Crippen molar-refractivity contribution in [3.8, 4) is 11.5 Å². The van der Waals surface area contributed by atoms with Gasteiger partial charge >= 0.3 is 0 Å². The largest absolute Gasteiger partial charge is 0.507 e. The van der Waals surface area contributed by atoms with Gasteiger partial charge in [0.15, 0.2) is 24.1 Å². The van der Waals surface area contributed by atoms with Crippen molar-refractivity contribution in [2.45, 2.75) is 34.1 Å². The van der Waals surface area contributed by atoms with E-state index in [4.69, 9.17) is 14.2 Å². The molecule has 35 heavy (non-hydrogen) atoms. The predicted molar refractivity (Wildman–Crippen MR) is 144 cm³/mol. The number of ether oxygens (including phenoxy) is 3. The topological polar surface area (TPSA) is 111 Å². The number of pyridine rings is 1. The Kier molecular flexibility index (Phi) is 14.1. The maximum Gasteiger partial charge on any atom is 0.188 e. The second-order valence-corrected chi connectivity index (χ2v) is 7.00. The normalized spacial score (nSPS) is 10.8. The average Bonchev–Trinajstić information content (AvgIpc) is 2.88. The van der Waals surface area contributed by atoms with Gasteiger partial charge in [-0.25, -0.2) is 9.97 Å². The van der Waals surface area contributed by atoms with Gasteiger partial charge in [-0.15, -0.1) is 0 Å². The SMILES string of the molecule is CC=NC.CCC.CCNc1nc(/C=C(\O)c2cccnc2)nc2c(OC)c(OCOC)ccc12. The maximum atomic E-state index is 10.4. The predicted octanol–water partition coefficient (Wildman–Crippen LogP) is 5.63. The van der Waals surface area contributed by atoms with Crippen molar-refractivity contribution in [1.29, 1.82) is 0 Å². The van der Waals surface area contributed by atoms with Crippen LogP contribution >= 0.6 is 0 Å². The van der Waals surface area contributed by atoms with Crippen molar-refractivity contribution < 1.29 is 19.3 Å². The fourth-order valence-electron chi connectivity index (χ4n) is 2.69. The molecule has 0 spiro atoms. The molecule has 2 N–H and O–H groups in total. The zero-order valence-corrected chi connectivity index (χ0v) is 21.7. The highest BCUT2D eigenvalue weighted by Gasteiger charge is 2.16. The number of hydrogen-bond acceptors (Lipinski definition) is 9. The number of rotatable bonds is 8. The lowest BCUT2D eigenvalue weighted by Gasteiger charge is -2.14. The maximum absolute atomic E-state index is 10.4. The van der Waals surface area contributed by atoms with E-state index in [9.17, 15) is 5.11 Å². The fraction of sp³-hybridized carbons (Fsp3) is 0.385. The number of nitrogens with zero attached hydrogens (tertiary/aromatic N) is 4. The van der Waals surface area contributed by atoms with E-state index in [2.05, 4.69) is 39.1 Å². The first-order valence-electron chi connectivity index (χ1n) is 11.4. The molecule has 9 nitrogen and oxygen atoms in total. The first-order chi connectivity index (χ1) is 17.0. The minimum absolute atomic E-state index is 0.0145. The Labute approximate surface area is 207 Å². The number of methoxy groups -OCH3 is 2. The molecule has 0 unspecified atom stereocenters. The van der Waals surface area contributed by atoms with Crippen molar-refractivity contribution in [2.24, 2.45) is 4.99 Å². The van der Waals surface area contributed by atoms with Gasteiger partial charge in [0.05, 0.1) is 7.11 Å². The van der Waals surface area contributed by atoms with E-state index in [1.165, 1.54) is 12.5 Å². The van der Waals surface area contributed by atoms with E-state index in [-0.39, 0.29) is 12.6 Å². The molecule has 0 atom stereocenters. The quantitative estimate of drug-likeness (QED) is 0.241. The van der Waals surface area contributed by atoms with E-state index < -0.39 is 0 Å². The van der Waals surface area contributed by atoms with Gasteiger partial charge in [-0.3, -0.25) is 4.98 Å². The summed E-state index contributed by atoms with van der Waals surface area (Å²) in [4.78, 5) is 16.7. The van der Waals surface area contributed by atoms with E-state index >= 15 is 0 Å². The van der Waals surface area contributed by atoms with Crippen molar-refractivity contribution in [3.05, 3.63) is 48.0 Å². The molecule has 0 aliphatic carbocycles. The minimum atomic E-state index is 0.0145. The fourth-order valence-corrected chi connectivity index (χ4v) is 2.69. The van der Waals surface area contributed by atoms with Crippen LogP contribution in [0.2, 0.25) is 0 Å². The summed E-state index contributed by atoms with van der Waals surface area (Å²) in [7, 11) is 4.84. The van der Waals surface area contributed by atoms with E-state index in [0.717, 1.165) is 5.39 Å². The molecule has 3 aromatic rings. The third kappa shape index (κ3) is 9.21. The molecule has 0 saturated carbocycles. The number of hydrogen-bond donors (Lipinski definition) is 2. The van der Waals surface area contributed by atoms with Crippen molar-refractivity contribution in [1.82, 2.24) is 15.0 Å². The van der Waals surface area contributed by atoms with Crippen LogP contribution in [-0.4, -0.2) is 60.9 Å². The summed E-state index contributed by atoms with van der Waals surface area (Å²) in [6.45, 7) is 8.87. The summed E-state index contributed by atoms with van der Waals surface area (Å²) < 4.78 is 16.1. The Morgan fingerprint density at radius 1 is 1.14 bits per heavy atom. The molecule has 0 bridgehead atoms. The Morgan fingerprint density at radius 3 is 2.40 bits per heavy atom. The molecule has 190 valence electrons. The smallest absolute Gasteiger partial charge is 0.188 e. The van der Waals surface area contributed by atoms with Crippen molar-refractivity contribution >= 4 is 34.8 Å². The van der Waals surface area contributed by atoms with Crippen LogP contribution in [0.5, 0.6) is 11.5 Å². The Hall–Kier alpha value is -3.72. The Bertz CT molecular complexity index is 1070. The summed E-state index contributed by atoms with van der Waals surface area (Å²) >= 11 is 0. The summed E-state index contributed by atoms with van der Waals surface area (Å²) in [5.41, 5.74) is 1.13. The molecule has 0 aliphatic heterocycles. The molecule has 0 fully saturated rings. The summed E-state index contributed by atoms with van der Waals surface area (Å²) in [6.07, 6.45) is 7.69. The number of aliphatic imine (C=N–C) groups is 1. The van der Waals surface area contributed by atoms with Crippen LogP contribution in [0.3, 0.4) is 0 Å². The first-order valence-corrected chi connectivity index (χ1v) is 11.4.